The van der Waals surface area contributed by atoms with Gasteiger partial charge >= 0.3 is 6.09 Å². The van der Waals surface area contributed by atoms with Gasteiger partial charge < -0.3 is 37.0 Å². The smallest absolute Gasteiger partial charge is 0.407 e. The van der Waals surface area contributed by atoms with Crippen LogP contribution in [-0.2, 0) is 4.79 Å². The van der Waals surface area contributed by atoms with Crippen LogP contribution in [0.1, 0.15) is 25.7 Å². The van der Waals surface area contributed by atoms with E-state index >= 15 is 0 Å². The minimum atomic E-state index is -0.948. The van der Waals surface area contributed by atoms with Crippen molar-refractivity contribution in [1.82, 2.24) is 20.4 Å². The average molecular weight is 361 g/mol. The van der Waals surface area contributed by atoms with Crippen LogP contribution in [0.5, 0.6) is 0 Å². The molecular formula is C16H36N6O3. The number of hydrogen-bond acceptors (Lipinski definition) is 6. The van der Waals surface area contributed by atoms with Gasteiger partial charge in [0.1, 0.15) is 0 Å². The second-order valence-electron chi connectivity index (χ2n) is 6.30. The SMILES string of the molecule is CN(C)CCNC(=O)C(CCCN(CCCN)C(=O)O)NCCCN. The van der Waals surface area contributed by atoms with Crippen molar-refractivity contribution in [2.75, 3.05) is 59.9 Å². The van der Waals surface area contributed by atoms with Crippen LogP contribution in [0.2, 0.25) is 0 Å². The van der Waals surface area contributed by atoms with Crippen LogP contribution < -0.4 is 22.1 Å². The van der Waals surface area contributed by atoms with E-state index in [1.165, 1.54) is 4.90 Å². The highest BCUT2D eigenvalue weighted by molar-refractivity contribution is 5.81. The van der Waals surface area contributed by atoms with Crippen LogP contribution in [0.15, 0.2) is 0 Å². The van der Waals surface area contributed by atoms with Crippen LogP contribution >= 0.6 is 0 Å². The Kier molecular flexibility index (Phi) is 14.0. The fourth-order valence-corrected chi connectivity index (χ4v) is 2.30. The fourth-order valence-electron chi connectivity index (χ4n) is 2.30. The van der Waals surface area contributed by atoms with Gasteiger partial charge in [-0.15, -0.1) is 0 Å². The number of carbonyl (C=O) groups is 2. The van der Waals surface area contributed by atoms with Crippen LogP contribution in [0, 0.1) is 0 Å². The third kappa shape index (κ3) is 12.6. The van der Waals surface area contributed by atoms with Crippen molar-refractivity contribution in [3.63, 3.8) is 0 Å². The Balaban J connectivity index is 4.39. The lowest BCUT2D eigenvalue weighted by atomic mass is 10.1. The van der Waals surface area contributed by atoms with Crippen molar-refractivity contribution in [3.05, 3.63) is 0 Å². The molecule has 25 heavy (non-hydrogen) atoms. The summed E-state index contributed by atoms with van der Waals surface area (Å²) in [5.41, 5.74) is 10.9. The summed E-state index contributed by atoms with van der Waals surface area (Å²) in [4.78, 5) is 26.9. The number of likely N-dealkylation sites (N-methyl/N-ethyl adjacent to an activating group) is 1. The molecule has 0 radical (unpaired) electrons. The van der Waals surface area contributed by atoms with Gasteiger partial charge in [0.2, 0.25) is 5.91 Å². The normalized spacial score (nSPS) is 12.2. The van der Waals surface area contributed by atoms with Gasteiger partial charge in [-0.2, -0.15) is 0 Å². The van der Waals surface area contributed by atoms with E-state index in [2.05, 4.69) is 10.6 Å². The van der Waals surface area contributed by atoms with E-state index in [-0.39, 0.29) is 11.9 Å². The Morgan fingerprint density at radius 1 is 1.00 bits per heavy atom. The second kappa shape index (κ2) is 14.9. The number of carbonyl (C=O) groups excluding carboxylic acids is 1. The summed E-state index contributed by atoms with van der Waals surface area (Å²) in [6.07, 6.45) is 1.66. The third-order valence-electron chi connectivity index (χ3n) is 3.77. The minimum absolute atomic E-state index is 0.0531. The van der Waals surface area contributed by atoms with Crippen LogP contribution in [0.25, 0.3) is 0 Å². The molecule has 1 unspecified atom stereocenters. The molecule has 148 valence electrons. The molecule has 0 heterocycles. The summed E-state index contributed by atoms with van der Waals surface area (Å²) in [5.74, 6) is -0.0531. The summed E-state index contributed by atoms with van der Waals surface area (Å²) in [6, 6.07) is -0.334. The summed E-state index contributed by atoms with van der Waals surface area (Å²) in [6.45, 7) is 3.86. The Hall–Kier alpha value is -1.42. The zero-order valence-corrected chi connectivity index (χ0v) is 15.7. The lowest BCUT2D eigenvalue weighted by Crippen LogP contribution is -2.46. The van der Waals surface area contributed by atoms with Gasteiger partial charge in [0.05, 0.1) is 6.04 Å². The first kappa shape index (κ1) is 23.6. The molecular weight excluding hydrogens is 324 g/mol. The van der Waals surface area contributed by atoms with Crippen LogP contribution in [0.4, 0.5) is 4.79 Å². The molecule has 0 spiro atoms. The van der Waals surface area contributed by atoms with E-state index < -0.39 is 6.09 Å². The predicted octanol–water partition coefficient (Wildman–Crippen LogP) is -0.920. The fraction of sp³-hybridized carbons (Fsp3) is 0.875. The molecule has 7 N–H and O–H groups in total. The van der Waals surface area contributed by atoms with Gasteiger partial charge in [-0.3, -0.25) is 4.79 Å². The maximum Gasteiger partial charge on any atom is 0.407 e. The van der Waals surface area contributed by atoms with E-state index in [1.807, 2.05) is 19.0 Å². The van der Waals surface area contributed by atoms with Crippen molar-refractivity contribution in [2.24, 2.45) is 11.5 Å². The Morgan fingerprint density at radius 3 is 2.20 bits per heavy atom. The number of nitrogens with two attached hydrogens (primary N) is 2. The molecule has 0 aliphatic rings. The summed E-state index contributed by atoms with van der Waals surface area (Å²) < 4.78 is 0. The van der Waals surface area contributed by atoms with E-state index in [0.717, 1.165) is 13.0 Å². The maximum atomic E-state index is 12.3. The first-order chi connectivity index (χ1) is 11.9. The second-order valence-corrected chi connectivity index (χ2v) is 6.30. The number of nitrogens with one attached hydrogen (secondary N) is 2. The zero-order chi connectivity index (χ0) is 19.1. The molecule has 0 aromatic carbocycles. The number of hydrogen-bond donors (Lipinski definition) is 5. The molecule has 0 aliphatic heterocycles. The number of carboxylic acid groups (broad SMARTS) is 1. The van der Waals surface area contributed by atoms with Crippen LogP contribution in [-0.4, -0.2) is 92.9 Å². The standard InChI is InChI=1S/C16H36N6O3/c1-21(2)13-10-20-15(23)14(19-9-4-7-17)6-3-11-22(16(24)25)12-5-8-18/h14,19H,3-13,17-18H2,1-2H3,(H,20,23)(H,24,25). The molecule has 0 fully saturated rings. The molecule has 0 rings (SSSR count). The average Bonchev–Trinajstić information content (AvgIpc) is 2.55. The molecule has 0 bridgehead atoms. The molecule has 0 aromatic heterocycles. The van der Waals surface area contributed by atoms with Gasteiger partial charge in [-0.1, -0.05) is 0 Å². The van der Waals surface area contributed by atoms with E-state index in [0.29, 0.717) is 58.5 Å². The van der Waals surface area contributed by atoms with Crippen molar-refractivity contribution in [2.45, 2.75) is 31.7 Å². The molecule has 0 aromatic rings. The lowest BCUT2D eigenvalue weighted by molar-refractivity contribution is -0.123. The third-order valence-corrected chi connectivity index (χ3v) is 3.77. The Labute approximate surface area is 151 Å². The number of nitrogens with zero attached hydrogens (tertiary/aromatic N) is 2. The van der Waals surface area contributed by atoms with Crippen molar-refractivity contribution >= 4 is 12.0 Å². The zero-order valence-electron chi connectivity index (χ0n) is 15.7. The van der Waals surface area contributed by atoms with Gasteiger partial charge in [0.25, 0.3) is 0 Å². The highest BCUT2D eigenvalue weighted by Gasteiger charge is 2.18. The topological polar surface area (TPSA) is 137 Å². The number of rotatable bonds is 15. The molecule has 1 atom stereocenters. The van der Waals surface area contributed by atoms with Gasteiger partial charge in [0, 0.05) is 26.2 Å². The summed E-state index contributed by atoms with van der Waals surface area (Å²) in [5, 5.41) is 15.3. The van der Waals surface area contributed by atoms with E-state index in [4.69, 9.17) is 11.5 Å². The lowest BCUT2D eigenvalue weighted by Gasteiger charge is -2.22. The van der Waals surface area contributed by atoms with Gasteiger partial charge in [-0.05, 0) is 59.4 Å². The summed E-state index contributed by atoms with van der Waals surface area (Å²) in [7, 11) is 3.90. The van der Waals surface area contributed by atoms with Gasteiger partial charge in [0.15, 0.2) is 0 Å². The Bertz CT molecular complexity index is 368. The van der Waals surface area contributed by atoms with E-state index in [1.54, 1.807) is 0 Å². The predicted molar refractivity (Wildman–Crippen MR) is 99.5 cm³/mol. The first-order valence-corrected chi connectivity index (χ1v) is 8.96. The summed E-state index contributed by atoms with van der Waals surface area (Å²) >= 11 is 0. The molecule has 9 heteroatoms. The number of amides is 2. The Morgan fingerprint density at radius 2 is 1.64 bits per heavy atom. The van der Waals surface area contributed by atoms with Crippen molar-refractivity contribution in [3.8, 4) is 0 Å². The maximum absolute atomic E-state index is 12.3. The largest absolute Gasteiger partial charge is 0.465 e. The highest BCUT2D eigenvalue weighted by Crippen LogP contribution is 2.03. The van der Waals surface area contributed by atoms with Crippen molar-refractivity contribution in [1.29, 1.82) is 0 Å². The molecule has 0 aliphatic carbocycles. The molecule has 9 nitrogen and oxygen atoms in total. The highest BCUT2D eigenvalue weighted by atomic mass is 16.4. The quantitative estimate of drug-likeness (QED) is 0.238. The monoisotopic (exact) mass is 360 g/mol. The molecule has 0 saturated heterocycles. The molecule has 2 amide bonds. The van der Waals surface area contributed by atoms with Crippen molar-refractivity contribution < 1.29 is 14.7 Å². The van der Waals surface area contributed by atoms with E-state index in [9.17, 15) is 14.7 Å². The minimum Gasteiger partial charge on any atom is -0.465 e. The van der Waals surface area contributed by atoms with Gasteiger partial charge in [-0.25, -0.2) is 4.79 Å². The van der Waals surface area contributed by atoms with Crippen LogP contribution in [0.3, 0.4) is 0 Å². The first-order valence-electron chi connectivity index (χ1n) is 8.96. The molecule has 0 saturated carbocycles.